The van der Waals surface area contributed by atoms with E-state index in [-0.39, 0.29) is 25.1 Å². The first kappa shape index (κ1) is 16.7. The number of aliphatic hydroxyl groups excluding tert-OH is 1. The van der Waals surface area contributed by atoms with E-state index in [4.69, 9.17) is 15.3 Å². The van der Waals surface area contributed by atoms with Crippen LogP contribution in [-0.2, 0) is 14.4 Å². The zero-order chi connectivity index (χ0) is 17.1. The molecular weight excluding hydrogens is 308 g/mol. The fourth-order valence-electron chi connectivity index (χ4n) is 2.52. The minimum absolute atomic E-state index is 0.0107. The quantitative estimate of drug-likeness (QED) is 0.520. The van der Waals surface area contributed by atoms with Gasteiger partial charge in [-0.05, 0) is 17.7 Å². The van der Waals surface area contributed by atoms with Crippen LogP contribution < -0.4 is 0 Å². The van der Waals surface area contributed by atoms with Crippen molar-refractivity contribution in [3.05, 3.63) is 23.9 Å². The number of aliphatic imine (C=N–C) groups is 1. The molecule has 0 aromatic carbocycles. The van der Waals surface area contributed by atoms with Crippen molar-refractivity contribution in [2.45, 2.75) is 31.0 Å². The second-order valence-corrected chi connectivity index (χ2v) is 5.35. The number of nitrogens with zero attached hydrogens (tertiary/aromatic N) is 2. The zero-order valence-corrected chi connectivity index (χ0v) is 12.0. The highest BCUT2D eigenvalue weighted by molar-refractivity contribution is 6.41. The molecule has 124 valence electrons. The van der Waals surface area contributed by atoms with Crippen LogP contribution in [0.2, 0.25) is 0 Å². The summed E-state index contributed by atoms with van der Waals surface area (Å²) in [5, 5.41) is 36.6. The largest absolute Gasteiger partial charge is 0.480 e. The van der Waals surface area contributed by atoms with Crippen LogP contribution in [0.15, 0.2) is 28.9 Å². The van der Waals surface area contributed by atoms with Crippen molar-refractivity contribution in [1.82, 2.24) is 4.90 Å². The lowest BCUT2D eigenvalue weighted by Gasteiger charge is -2.19. The first-order valence-electron chi connectivity index (χ1n) is 6.87. The van der Waals surface area contributed by atoms with Gasteiger partial charge in [0.1, 0.15) is 11.8 Å². The van der Waals surface area contributed by atoms with Crippen LogP contribution in [0.5, 0.6) is 0 Å². The molecule has 0 spiro atoms. The number of hydrogen-bond donors (Lipinski definition) is 4. The summed E-state index contributed by atoms with van der Waals surface area (Å²) in [5.41, 5.74) is 0.0508. The van der Waals surface area contributed by atoms with E-state index < -0.39 is 36.1 Å². The SMILES string of the molecule is O=C(O)C1=N[C@H](C(=O)O)CC(/C=C\N2C[C@H](O)C[C@H]2C(=O)O)=C1. The Morgan fingerprint density at radius 1 is 1.22 bits per heavy atom. The summed E-state index contributed by atoms with van der Waals surface area (Å²) in [5.74, 6) is -3.63. The molecule has 2 heterocycles. The van der Waals surface area contributed by atoms with Crippen molar-refractivity contribution >= 4 is 23.6 Å². The Morgan fingerprint density at radius 3 is 2.48 bits per heavy atom. The zero-order valence-electron chi connectivity index (χ0n) is 12.0. The van der Waals surface area contributed by atoms with Crippen LogP contribution in [0.25, 0.3) is 0 Å². The van der Waals surface area contributed by atoms with Gasteiger partial charge in [-0.25, -0.2) is 14.4 Å². The Balaban J connectivity index is 2.18. The van der Waals surface area contributed by atoms with Crippen molar-refractivity contribution < 1.29 is 34.8 Å². The second kappa shape index (κ2) is 6.61. The number of carboxylic acid groups (broad SMARTS) is 3. The summed E-state index contributed by atoms with van der Waals surface area (Å²) in [4.78, 5) is 38.2. The van der Waals surface area contributed by atoms with Crippen LogP contribution in [0.3, 0.4) is 0 Å². The molecule has 0 amide bonds. The smallest absolute Gasteiger partial charge is 0.354 e. The lowest BCUT2D eigenvalue weighted by molar-refractivity contribution is -0.141. The molecule has 0 radical (unpaired) electrons. The number of carboxylic acids is 3. The van der Waals surface area contributed by atoms with Crippen LogP contribution >= 0.6 is 0 Å². The molecule has 1 saturated heterocycles. The number of β-amino-alcohol motifs (C(OH)–C–C–N with tert-alkyl or cyclic N) is 1. The normalized spacial score (nSPS) is 27.7. The van der Waals surface area contributed by atoms with E-state index >= 15 is 0 Å². The van der Waals surface area contributed by atoms with Crippen LogP contribution in [0, 0.1) is 0 Å². The highest BCUT2D eigenvalue weighted by atomic mass is 16.4. The highest BCUT2D eigenvalue weighted by Crippen LogP contribution is 2.21. The number of hydrogen-bond acceptors (Lipinski definition) is 6. The van der Waals surface area contributed by atoms with E-state index in [1.165, 1.54) is 23.3 Å². The average Bonchev–Trinajstić information content (AvgIpc) is 2.86. The fraction of sp³-hybridized carbons (Fsp3) is 0.429. The average molecular weight is 324 g/mol. The Morgan fingerprint density at radius 2 is 1.91 bits per heavy atom. The molecule has 0 aliphatic carbocycles. The van der Waals surface area contributed by atoms with Gasteiger partial charge in [-0.15, -0.1) is 0 Å². The minimum Gasteiger partial charge on any atom is -0.480 e. The standard InChI is InChI=1S/C14H16N2O7/c17-8-5-11(14(22)23)16(6-8)2-1-7-3-9(12(18)19)15-10(4-7)13(20)21/h1-3,8,10-11,17H,4-6H2,(H,18,19)(H,20,21)(H,22,23)/b2-1-/t8-,10+,11+/m1/s1. The number of rotatable bonds is 5. The summed E-state index contributed by atoms with van der Waals surface area (Å²) in [6.45, 7) is 0.142. The number of aliphatic hydroxyl groups is 1. The summed E-state index contributed by atoms with van der Waals surface area (Å²) in [7, 11) is 0. The van der Waals surface area contributed by atoms with E-state index in [1.807, 2.05) is 0 Å². The molecule has 3 atom stereocenters. The molecule has 0 unspecified atom stereocenters. The Bertz CT molecular complexity index is 623. The van der Waals surface area contributed by atoms with Crippen molar-refractivity contribution in [2.75, 3.05) is 6.54 Å². The van der Waals surface area contributed by atoms with Gasteiger partial charge in [-0.3, -0.25) is 4.99 Å². The molecule has 0 bridgehead atoms. The highest BCUT2D eigenvalue weighted by Gasteiger charge is 2.34. The molecule has 2 rings (SSSR count). The topological polar surface area (TPSA) is 148 Å². The van der Waals surface area contributed by atoms with E-state index in [9.17, 15) is 19.5 Å². The molecule has 9 heteroatoms. The molecule has 2 aliphatic rings. The van der Waals surface area contributed by atoms with Crippen molar-refractivity contribution in [3.8, 4) is 0 Å². The summed E-state index contributed by atoms with van der Waals surface area (Å²) < 4.78 is 0. The molecule has 23 heavy (non-hydrogen) atoms. The van der Waals surface area contributed by atoms with Gasteiger partial charge in [0, 0.05) is 25.6 Å². The van der Waals surface area contributed by atoms with Gasteiger partial charge < -0.3 is 25.3 Å². The van der Waals surface area contributed by atoms with Crippen LogP contribution in [0.4, 0.5) is 0 Å². The third-order valence-corrected chi connectivity index (χ3v) is 3.63. The molecule has 0 saturated carbocycles. The molecule has 9 nitrogen and oxygen atoms in total. The Labute approximate surface area is 130 Å². The fourth-order valence-corrected chi connectivity index (χ4v) is 2.52. The minimum atomic E-state index is -1.33. The van der Waals surface area contributed by atoms with Gasteiger partial charge >= 0.3 is 17.9 Å². The van der Waals surface area contributed by atoms with Crippen molar-refractivity contribution in [3.63, 3.8) is 0 Å². The molecule has 4 N–H and O–H groups in total. The first-order valence-corrected chi connectivity index (χ1v) is 6.87. The lowest BCUT2D eigenvalue weighted by atomic mass is 10.0. The lowest BCUT2D eigenvalue weighted by Crippen LogP contribution is -2.32. The molecular formula is C14H16N2O7. The maximum absolute atomic E-state index is 11.1. The number of allylic oxidation sites excluding steroid dienone is 1. The number of dihydropyridines is 1. The van der Waals surface area contributed by atoms with Gasteiger partial charge in [0.05, 0.1) is 6.10 Å². The molecule has 0 aromatic heterocycles. The monoisotopic (exact) mass is 324 g/mol. The number of carbonyl (C=O) groups is 3. The van der Waals surface area contributed by atoms with E-state index in [1.54, 1.807) is 0 Å². The van der Waals surface area contributed by atoms with Gasteiger partial charge in [0.15, 0.2) is 6.04 Å². The van der Waals surface area contributed by atoms with E-state index in [2.05, 4.69) is 4.99 Å². The van der Waals surface area contributed by atoms with Gasteiger partial charge in [-0.2, -0.15) is 0 Å². The van der Waals surface area contributed by atoms with Gasteiger partial charge in [-0.1, -0.05) is 0 Å². The number of likely N-dealkylation sites (tertiary alicyclic amines) is 1. The van der Waals surface area contributed by atoms with Crippen molar-refractivity contribution in [1.29, 1.82) is 0 Å². The van der Waals surface area contributed by atoms with Crippen LogP contribution in [0.1, 0.15) is 12.8 Å². The van der Waals surface area contributed by atoms with Gasteiger partial charge in [0.2, 0.25) is 0 Å². The Hall–Kier alpha value is -2.68. The first-order chi connectivity index (χ1) is 10.8. The molecule has 2 aliphatic heterocycles. The third kappa shape index (κ3) is 3.95. The number of aliphatic carboxylic acids is 3. The van der Waals surface area contributed by atoms with Crippen molar-refractivity contribution in [2.24, 2.45) is 4.99 Å². The molecule has 0 aromatic rings. The van der Waals surface area contributed by atoms with Gasteiger partial charge in [0.25, 0.3) is 0 Å². The predicted octanol–water partition coefficient (Wildman–Crippen LogP) is -0.671. The summed E-state index contributed by atoms with van der Waals surface area (Å²) >= 11 is 0. The molecule has 1 fully saturated rings. The van der Waals surface area contributed by atoms with E-state index in [0.717, 1.165) is 0 Å². The summed E-state index contributed by atoms with van der Waals surface area (Å²) in [6.07, 6.45) is 3.49. The maximum Gasteiger partial charge on any atom is 0.354 e. The maximum atomic E-state index is 11.1. The van der Waals surface area contributed by atoms with Crippen LogP contribution in [-0.4, -0.2) is 73.7 Å². The Kier molecular flexibility index (Phi) is 4.80. The van der Waals surface area contributed by atoms with E-state index in [0.29, 0.717) is 5.57 Å². The summed E-state index contributed by atoms with van der Waals surface area (Å²) in [6, 6.07) is -2.06. The second-order valence-electron chi connectivity index (χ2n) is 5.35. The predicted molar refractivity (Wildman–Crippen MR) is 77.1 cm³/mol. The third-order valence-electron chi connectivity index (χ3n) is 3.63.